The summed E-state index contributed by atoms with van der Waals surface area (Å²) in [6.07, 6.45) is 1.87. The number of anilines is 1. The van der Waals surface area contributed by atoms with Crippen LogP contribution in [0.4, 0.5) is 5.82 Å². The quantitative estimate of drug-likeness (QED) is 0.840. The molecule has 0 aliphatic carbocycles. The lowest BCUT2D eigenvalue weighted by atomic mass is 10.0. The Labute approximate surface area is 91.1 Å². The van der Waals surface area contributed by atoms with Crippen molar-refractivity contribution in [2.45, 2.75) is 19.4 Å². The third-order valence-electron chi connectivity index (χ3n) is 2.04. The van der Waals surface area contributed by atoms with Crippen molar-refractivity contribution >= 4 is 21.7 Å². The standard InChI is InChI=1S/C9H11BrN4/c1-5-6(10)4-14-9(13)8(5)7(12)2-3-11/h4,7H,2,12H2,1H3,(H2,13,14)/t7-/m1/s1. The molecule has 0 radical (unpaired) electrons. The lowest BCUT2D eigenvalue weighted by Crippen LogP contribution is -2.14. The predicted octanol–water partition coefficient (Wildman–Crippen LogP) is 1.65. The summed E-state index contributed by atoms with van der Waals surface area (Å²) in [5.41, 5.74) is 13.2. The van der Waals surface area contributed by atoms with Crippen molar-refractivity contribution in [3.8, 4) is 6.07 Å². The smallest absolute Gasteiger partial charge is 0.128 e. The highest BCUT2D eigenvalue weighted by molar-refractivity contribution is 9.10. The molecular formula is C9H11BrN4. The van der Waals surface area contributed by atoms with E-state index in [9.17, 15) is 0 Å². The van der Waals surface area contributed by atoms with Crippen LogP contribution in [0.5, 0.6) is 0 Å². The molecule has 0 aromatic carbocycles. The fourth-order valence-electron chi connectivity index (χ4n) is 1.28. The van der Waals surface area contributed by atoms with E-state index in [0.29, 0.717) is 5.82 Å². The first-order chi connectivity index (χ1) is 6.57. The number of aromatic nitrogens is 1. The summed E-state index contributed by atoms with van der Waals surface area (Å²) < 4.78 is 0.857. The summed E-state index contributed by atoms with van der Waals surface area (Å²) in [4.78, 5) is 3.98. The lowest BCUT2D eigenvalue weighted by molar-refractivity contribution is 0.740. The molecule has 14 heavy (non-hydrogen) atoms. The SMILES string of the molecule is Cc1c(Br)cnc(N)c1[C@H](N)CC#N. The first-order valence-corrected chi connectivity index (χ1v) is 4.90. The number of hydrogen-bond donors (Lipinski definition) is 2. The van der Waals surface area contributed by atoms with Gasteiger partial charge in [-0.05, 0) is 28.4 Å². The molecule has 1 atom stereocenters. The van der Waals surface area contributed by atoms with E-state index in [-0.39, 0.29) is 12.5 Å². The van der Waals surface area contributed by atoms with Crippen molar-refractivity contribution in [2.75, 3.05) is 5.73 Å². The van der Waals surface area contributed by atoms with Crippen molar-refractivity contribution < 1.29 is 0 Å². The number of nitriles is 1. The second-order valence-corrected chi connectivity index (χ2v) is 3.85. The van der Waals surface area contributed by atoms with E-state index in [2.05, 4.69) is 20.9 Å². The molecule has 74 valence electrons. The van der Waals surface area contributed by atoms with Gasteiger partial charge in [0, 0.05) is 22.3 Å². The summed E-state index contributed by atoms with van der Waals surface area (Å²) in [5.74, 6) is 0.397. The van der Waals surface area contributed by atoms with E-state index in [1.807, 2.05) is 13.0 Å². The largest absolute Gasteiger partial charge is 0.383 e. The molecule has 0 spiro atoms. The molecule has 0 bridgehead atoms. The summed E-state index contributed by atoms with van der Waals surface area (Å²) in [6, 6.07) is 1.65. The van der Waals surface area contributed by atoms with Gasteiger partial charge in [0.25, 0.3) is 0 Å². The van der Waals surface area contributed by atoms with Crippen molar-refractivity contribution in [3.63, 3.8) is 0 Å². The minimum absolute atomic E-state index is 0.239. The van der Waals surface area contributed by atoms with Gasteiger partial charge in [-0.2, -0.15) is 5.26 Å². The maximum Gasteiger partial charge on any atom is 0.128 e. The topological polar surface area (TPSA) is 88.7 Å². The number of hydrogen-bond acceptors (Lipinski definition) is 4. The van der Waals surface area contributed by atoms with Crippen LogP contribution in [0, 0.1) is 18.3 Å². The molecule has 0 amide bonds. The zero-order valence-electron chi connectivity index (χ0n) is 7.79. The molecule has 0 aliphatic rings. The maximum absolute atomic E-state index is 8.55. The summed E-state index contributed by atoms with van der Waals surface area (Å²) in [6.45, 7) is 1.90. The molecule has 0 fully saturated rings. The molecule has 0 saturated carbocycles. The summed E-state index contributed by atoms with van der Waals surface area (Å²) >= 11 is 3.34. The van der Waals surface area contributed by atoms with Crippen LogP contribution >= 0.6 is 15.9 Å². The van der Waals surface area contributed by atoms with Gasteiger partial charge in [-0.3, -0.25) is 0 Å². The Morgan fingerprint density at radius 1 is 1.71 bits per heavy atom. The highest BCUT2D eigenvalue weighted by Crippen LogP contribution is 2.28. The van der Waals surface area contributed by atoms with E-state index in [1.165, 1.54) is 0 Å². The predicted molar refractivity (Wildman–Crippen MR) is 58.2 cm³/mol. The molecular weight excluding hydrogens is 244 g/mol. The molecule has 1 aromatic heterocycles. The number of rotatable bonds is 2. The zero-order chi connectivity index (χ0) is 10.7. The molecule has 1 rings (SSSR count). The van der Waals surface area contributed by atoms with Crippen LogP contribution in [0.1, 0.15) is 23.6 Å². The number of halogens is 1. The lowest BCUT2D eigenvalue weighted by Gasteiger charge is -2.14. The molecule has 4 nitrogen and oxygen atoms in total. The third-order valence-corrected chi connectivity index (χ3v) is 2.84. The minimum atomic E-state index is -0.370. The first-order valence-electron chi connectivity index (χ1n) is 4.11. The van der Waals surface area contributed by atoms with E-state index < -0.39 is 0 Å². The van der Waals surface area contributed by atoms with Crippen LogP contribution in [0.15, 0.2) is 10.7 Å². The number of nitrogens with zero attached hydrogens (tertiary/aromatic N) is 2. The van der Waals surface area contributed by atoms with Crippen molar-refractivity contribution in [1.29, 1.82) is 5.26 Å². The minimum Gasteiger partial charge on any atom is -0.383 e. The highest BCUT2D eigenvalue weighted by Gasteiger charge is 2.14. The van der Waals surface area contributed by atoms with Gasteiger partial charge in [-0.25, -0.2) is 4.98 Å². The molecule has 0 saturated heterocycles. The second kappa shape index (κ2) is 4.40. The molecule has 0 aliphatic heterocycles. The summed E-state index contributed by atoms with van der Waals surface area (Å²) in [7, 11) is 0. The van der Waals surface area contributed by atoms with Crippen LogP contribution < -0.4 is 11.5 Å². The van der Waals surface area contributed by atoms with E-state index in [0.717, 1.165) is 15.6 Å². The zero-order valence-corrected chi connectivity index (χ0v) is 9.37. The molecule has 0 unspecified atom stereocenters. The Hall–Kier alpha value is -1.12. The van der Waals surface area contributed by atoms with E-state index in [4.69, 9.17) is 16.7 Å². The Morgan fingerprint density at radius 2 is 2.36 bits per heavy atom. The Morgan fingerprint density at radius 3 is 2.93 bits per heavy atom. The van der Waals surface area contributed by atoms with Crippen LogP contribution in [-0.4, -0.2) is 4.98 Å². The first kappa shape index (κ1) is 11.0. The Bertz CT molecular complexity index is 383. The van der Waals surface area contributed by atoms with Crippen LogP contribution in [0.3, 0.4) is 0 Å². The van der Waals surface area contributed by atoms with Gasteiger partial charge in [0.2, 0.25) is 0 Å². The van der Waals surface area contributed by atoms with Gasteiger partial charge in [0.15, 0.2) is 0 Å². The summed E-state index contributed by atoms with van der Waals surface area (Å²) in [5, 5.41) is 8.55. The molecule has 5 heteroatoms. The fraction of sp³-hybridized carbons (Fsp3) is 0.333. The van der Waals surface area contributed by atoms with Gasteiger partial charge < -0.3 is 11.5 Å². The van der Waals surface area contributed by atoms with Gasteiger partial charge in [0.05, 0.1) is 12.5 Å². The Kier molecular flexibility index (Phi) is 3.44. The normalized spacial score (nSPS) is 12.1. The fourth-order valence-corrected chi connectivity index (χ4v) is 1.60. The van der Waals surface area contributed by atoms with Gasteiger partial charge in [-0.15, -0.1) is 0 Å². The maximum atomic E-state index is 8.55. The number of nitrogen functional groups attached to an aromatic ring is 1. The monoisotopic (exact) mass is 254 g/mol. The Balaban J connectivity index is 3.19. The van der Waals surface area contributed by atoms with Gasteiger partial charge in [-0.1, -0.05) is 0 Å². The molecule has 1 heterocycles. The van der Waals surface area contributed by atoms with Crippen molar-refractivity contribution in [1.82, 2.24) is 4.98 Å². The van der Waals surface area contributed by atoms with Crippen LogP contribution in [0.25, 0.3) is 0 Å². The second-order valence-electron chi connectivity index (χ2n) is 3.00. The average molecular weight is 255 g/mol. The van der Waals surface area contributed by atoms with E-state index in [1.54, 1.807) is 6.20 Å². The van der Waals surface area contributed by atoms with Crippen LogP contribution in [-0.2, 0) is 0 Å². The average Bonchev–Trinajstić information content (AvgIpc) is 2.13. The highest BCUT2D eigenvalue weighted by atomic mass is 79.9. The van der Waals surface area contributed by atoms with Crippen molar-refractivity contribution in [3.05, 3.63) is 21.8 Å². The van der Waals surface area contributed by atoms with Crippen molar-refractivity contribution in [2.24, 2.45) is 5.73 Å². The number of nitrogens with two attached hydrogens (primary N) is 2. The van der Waals surface area contributed by atoms with Gasteiger partial charge >= 0.3 is 0 Å². The molecule has 4 N–H and O–H groups in total. The molecule has 1 aromatic rings. The third kappa shape index (κ3) is 2.03. The van der Waals surface area contributed by atoms with E-state index >= 15 is 0 Å². The van der Waals surface area contributed by atoms with Gasteiger partial charge in [0.1, 0.15) is 5.82 Å². The van der Waals surface area contributed by atoms with Crippen LogP contribution in [0.2, 0.25) is 0 Å². The number of pyridine rings is 1.